The van der Waals surface area contributed by atoms with Gasteiger partial charge in [-0.2, -0.15) is 0 Å². The highest BCUT2D eigenvalue weighted by atomic mass is 35.5. The van der Waals surface area contributed by atoms with E-state index in [1.807, 2.05) is 6.07 Å². The number of hydrogen-bond acceptors (Lipinski definition) is 5. The quantitative estimate of drug-likeness (QED) is 0.774. The van der Waals surface area contributed by atoms with Crippen LogP contribution >= 0.6 is 11.6 Å². The van der Waals surface area contributed by atoms with Crippen molar-refractivity contribution in [1.29, 1.82) is 0 Å². The summed E-state index contributed by atoms with van der Waals surface area (Å²) in [6, 6.07) is 1.91. The molecule has 3 rings (SSSR count). The van der Waals surface area contributed by atoms with E-state index in [9.17, 15) is 0 Å². The molecule has 1 saturated carbocycles. The van der Waals surface area contributed by atoms with Gasteiger partial charge in [-0.05, 0) is 26.9 Å². The number of aromatic nitrogens is 2. The third kappa shape index (κ3) is 4.05. The fourth-order valence-electron chi connectivity index (χ4n) is 2.65. The van der Waals surface area contributed by atoms with Gasteiger partial charge in [0.2, 0.25) is 0 Å². The maximum absolute atomic E-state index is 6.16. The van der Waals surface area contributed by atoms with Gasteiger partial charge in [-0.3, -0.25) is 4.90 Å². The monoisotopic (exact) mass is 309 g/mol. The second-order valence-electron chi connectivity index (χ2n) is 6.31. The summed E-state index contributed by atoms with van der Waals surface area (Å²) in [7, 11) is 4.25. The Labute approximate surface area is 131 Å². The van der Waals surface area contributed by atoms with Crippen LogP contribution in [0.15, 0.2) is 6.07 Å². The molecule has 0 bridgehead atoms. The van der Waals surface area contributed by atoms with E-state index >= 15 is 0 Å². The van der Waals surface area contributed by atoms with Gasteiger partial charge in [0.25, 0.3) is 0 Å². The minimum absolute atomic E-state index is 0.545. The molecule has 1 aromatic rings. The van der Waals surface area contributed by atoms with E-state index in [4.69, 9.17) is 16.6 Å². The summed E-state index contributed by atoms with van der Waals surface area (Å²) in [5.74, 6) is 2.49. The van der Waals surface area contributed by atoms with Gasteiger partial charge in [0.1, 0.15) is 16.8 Å². The molecule has 0 N–H and O–H groups in total. The smallest absolute Gasteiger partial charge is 0.135 e. The molecular weight excluding hydrogens is 286 g/mol. The average Bonchev–Trinajstić information content (AvgIpc) is 3.29. The van der Waals surface area contributed by atoms with Crippen LogP contribution in [0.25, 0.3) is 0 Å². The molecular formula is C15H24ClN5. The summed E-state index contributed by atoms with van der Waals surface area (Å²) >= 11 is 6.16. The number of nitrogens with zero attached hydrogens (tertiary/aromatic N) is 5. The van der Waals surface area contributed by atoms with Crippen molar-refractivity contribution in [2.24, 2.45) is 0 Å². The SMILES string of the molecule is CN(C)CCN1CCN(c2cc(Cl)nc(C3CC3)n2)CC1. The van der Waals surface area contributed by atoms with Crippen molar-refractivity contribution in [2.45, 2.75) is 18.8 Å². The van der Waals surface area contributed by atoms with Crippen molar-refractivity contribution < 1.29 is 0 Å². The van der Waals surface area contributed by atoms with Crippen LogP contribution in [0.3, 0.4) is 0 Å². The van der Waals surface area contributed by atoms with Crippen LogP contribution in [-0.4, -0.2) is 73.1 Å². The molecule has 2 aliphatic rings. The van der Waals surface area contributed by atoms with Gasteiger partial charge in [0.15, 0.2) is 0 Å². The molecule has 0 spiro atoms. The maximum Gasteiger partial charge on any atom is 0.135 e. The largest absolute Gasteiger partial charge is 0.354 e. The standard InChI is InChI=1S/C15H24ClN5/c1-19(2)5-6-20-7-9-21(10-8-20)14-11-13(16)17-15(18-14)12-3-4-12/h11-12H,3-10H2,1-2H3. The van der Waals surface area contributed by atoms with Crippen molar-refractivity contribution >= 4 is 17.4 Å². The normalized spacial score (nSPS) is 20.3. The lowest BCUT2D eigenvalue weighted by molar-refractivity contribution is 0.229. The average molecular weight is 310 g/mol. The zero-order chi connectivity index (χ0) is 14.8. The molecule has 1 aromatic heterocycles. The molecule has 21 heavy (non-hydrogen) atoms. The lowest BCUT2D eigenvalue weighted by Crippen LogP contribution is -2.48. The molecule has 0 radical (unpaired) electrons. The Morgan fingerprint density at radius 3 is 2.52 bits per heavy atom. The van der Waals surface area contributed by atoms with Crippen molar-refractivity contribution in [3.63, 3.8) is 0 Å². The van der Waals surface area contributed by atoms with E-state index in [0.717, 1.165) is 50.9 Å². The zero-order valence-electron chi connectivity index (χ0n) is 12.9. The van der Waals surface area contributed by atoms with Crippen LogP contribution in [-0.2, 0) is 0 Å². The Morgan fingerprint density at radius 1 is 1.19 bits per heavy atom. The number of halogens is 1. The first-order chi connectivity index (χ1) is 10.1. The van der Waals surface area contributed by atoms with Gasteiger partial charge in [0.05, 0.1) is 0 Å². The Hall–Kier alpha value is -0.910. The summed E-state index contributed by atoms with van der Waals surface area (Å²) in [4.78, 5) is 16.2. The molecule has 2 fully saturated rings. The van der Waals surface area contributed by atoms with E-state index in [-0.39, 0.29) is 0 Å². The van der Waals surface area contributed by atoms with Crippen molar-refractivity contribution in [1.82, 2.24) is 19.8 Å². The molecule has 1 aliphatic carbocycles. The zero-order valence-corrected chi connectivity index (χ0v) is 13.7. The minimum atomic E-state index is 0.545. The molecule has 116 valence electrons. The molecule has 1 saturated heterocycles. The second kappa shape index (κ2) is 6.46. The Morgan fingerprint density at radius 2 is 1.90 bits per heavy atom. The van der Waals surface area contributed by atoms with Gasteiger partial charge >= 0.3 is 0 Å². The molecule has 0 aromatic carbocycles. The van der Waals surface area contributed by atoms with Gasteiger partial charge in [-0.15, -0.1) is 0 Å². The number of anilines is 1. The lowest BCUT2D eigenvalue weighted by Gasteiger charge is -2.35. The van der Waals surface area contributed by atoms with Gasteiger partial charge in [-0.1, -0.05) is 11.6 Å². The van der Waals surface area contributed by atoms with Crippen LogP contribution in [0.2, 0.25) is 5.15 Å². The van der Waals surface area contributed by atoms with Gasteiger partial charge in [-0.25, -0.2) is 9.97 Å². The van der Waals surface area contributed by atoms with Crippen LogP contribution in [0.1, 0.15) is 24.6 Å². The number of piperazine rings is 1. The van der Waals surface area contributed by atoms with Crippen LogP contribution in [0.4, 0.5) is 5.82 Å². The molecule has 1 aliphatic heterocycles. The molecule has 0 unspecified atom stereocenters. The molecule has 5 nitrogen and oxygen atoms in total. The number of rotatable bonds is 5. The lowest BCUT2D eigenvalue weighted by atomic mass is 10.3. The summed E-state index contributed by atoms with van der Waals surface area (Å²) in [6.07, 6.45) is 2.41. The predicted octanol–water partition coefficient (Wildman–Crippen LogP) is 1.69. The number of hydrogen-bond donors (Lipinski definition) is 0. The second-order valence-corrected chi connectivity index (χ2v) is 6.70. The molecule has 0 amide bonds. The summed E-state index contributed by atoms with van der Waals surface area (Å²) in [6.45, 7) is 6.47. The maximum atomic E-state index is 6.16. The Kier molecular flexibility index (Phi) is 4.62. The first-order valence-corrected chi connectivity index (χ1v) is 8.16. The van der Waals surface area contributed by atoms with Crippen molar-refractivity contribution in [3.8, 4) is 0 Å². The minimum Gasteiger partial charge on any atom is -0.354 e. The van der Waals surface area contributed by atoms with E-state index in [2.05, 4.69) is 33.8 Å². The fourth-order valence-corrected chi connectivity index (χ4v) is 2.84. The number of likely N-dealkylation sites (N-methyl/N-ethyl adjacent to an activating group) is 1. The fraction of sp³-hybridized carbons (Fsp3) is 0.733. The Balaban J connectivity index is 1.59. The summed E-state index contributed by atoms with van der Waals surface area (Å²) in [5, 5.41) is 0.580. The van der Waals surface area contributed by atoms with Gasteiger partial charge in [0, 0.05) is 51.3 Å². The molecule has 6 heteroatoms. The first kappa shape index (κ1) is 15.0. The van der Waals surface area contributed by atoms with E-state index in [0.29, 0.717) is 11.1 Å². The third-order valence-electron chi connectivity index (χ3n) is 4.20. The van der Waals surface area contributed by atoms with E-state index in [1.165, 1.54) is 12.8 Å². The topological polar surface area (TPSA) is 35.5 Å². The highest BCUT2D eigenvalue weighted by molar-refractivity contribution is 6.29. The van der Waals surface area contributed by atoms with Crippen LogP contribution < -0.4 is 4.90 Å². The highest BCUT2D eigenvalue weighted by Gasteiger charge is 2.28. The van der Waals surface area contributed by atoms with Gasteiger partial charge < -0.3 is 9.80 Å². The van der Waals surface area contributed by atoms with Crippen molar-refractivity contribution in [2.75, 3.05) is 58.3 Å². The summed E-state index contributed by atoms with van der Waals surface area (Å²) < 4.78 is 0. The van der Waals surface area contributed by atoms with Crippen molar-refractivity contribution in [3.05, 3.63) is 17.0 Å². The summed E-state index contributed by atoms with van der Waals surface area (Å²) in [5.41, 5.74) is 0. The predicted molar refractivity (Wildman–Crippen MR) is 86.2 cm³/mol. The van der Waals surface area contributed by atoms with Crippen LogP contribution in [0, 0.1) is 0 Å². The highest BCUT2D eigenvalue weighted by Crippen LogP contribution is 2.39. The molecule has 2 heterocycles. The Bertz CT molecular complexity index is 481. The van der Waals surface area contributed by atoms with E-state index < -0.39 is 0 Å². The molecule has 0 atom stereocenters. The first-order valence-electron chi connectivity index (χ1n) is 7.78. The van der Waals surface area contributed by atoms with E-state index in [1.54, 1.807) is 0 Å². The van der Waals surface area contributed by atoms with Crippen LogP contribution in [0.5, 0.6) is 0 Å². The third-order valence-corrected chi connectivity index (χ3v) is 4.39.